The summed E-state index contributed by atoms with van der Waals surface area (Å²) < 4.78 is 26.9. The zero-order chi connectivity index (χ0) is 36.5. The summed E-state index contributed by atoms with van der Waals surface area (Å²) in [5.74, 6) is 7.19. The maximum Gasteiger partial charge on any atom is 0.231 e. The lowest BCUT2D eigenvalue weighted by molar-refractivity contribution is 0.172. The molecule has 0 saturated heterocycles. The van der Waals surface area contributed by atoms with Crippen LogP contribution in [0.4, 0.5) is 0 Å². The number of para-hydroxylation sites is 2. The normalized spacial score (nSPS) is 16.1. The van der Waals surface area contributed by atoms with Crippen LogP contribution >= 0.6 is 0 Å². The third kappa shape index (κ3) is 10.7. The Balaban J connectivity index is 0.000000154. The molecule has 6 heteroatoms. The molecule has 0 amide bonds. The monoisotopic (exact) mass is 709 g/mol. The van der Waals surface area contributed by atoms with Crippen molar-refractivity contribution in [1.29, 1.82) is 0 Å². The lowest BCUT2D eigenvalue weighted by Gasteiger charge is -2.27. The van der Waals surface area contributed by atoms with Gasteiger partial charge in [-0.2, -0.15) is 0 Å². The first kappa shape index (κ1) is 40.6. The van der Waals surface area contributed by atoms with E-state index in [0.717, 1.165) is 48.4 Å². The van der Waals surface area contributed by atoms with Gasteiger partial charge in [0.15, 0.2) is 23.0 Å². The average molecular weight is 710 g/mol. The number of hydrogen-bond donors (Lipinski definition) is 1. The Labute approximate surface area is 314 Å². The summed E-state index contributed by atoms with van der Waals surface area (Å²) in [5, 5.41) is 3.41. The van der Waals surface area contributed by atoms with Gasteiger partial charge < -0.3 is 29.0 Å². The van der Waals surface area contributed by atoms with E-state index in [1.165, 1.54) is 46.2 Å². The highest BCUT2D eigenvalue weighted by atomic mass is 16.7. The highest BCUT2D eigenvalue weighted by molar-refractivity contribution is 5.51. The van der Waals surface area contributed by atoms with Gasteiger partial charge >= 0.3 is 0 Å². The molecule has 4 aliphatic rings. The smallest absolute Gasteiger partial charge is 0.231 e. The maximum atomic E-state index is 5.70. The zero-order valence-corrected chi connectivity index (χ0v) is 32.3. The van der Waals surface area contributed by atoms with Crippen molar-refractivity contribution in [2.45, 2.75) is 106 Å². The highest BCUT2D eigenvalue weighted by Crippen LogP contribution is 2.41. The molecular weight excluding hydrogens is 647 g/mol. The van der Waals surface area contributed by atoms with Crippen LogP contribution in [0, 0.1) is 11.8 Å². The van der Waals surface area contributed by atoms with Gasteiger partial charge in [-0.25, -0.2) is 0 Å². The fourth-order valence-corrected chi connectivity index (χ4v) is 6.43. The second kappa shape index (κ2) is 18.6. The number of hydrogen-bond acceptors (Lipinski definition) is 6. The third-order valence-corrected chi connectivity index (χ3v) is 9.90. The molecule has 0 spiro atoms. The van der Waals surface area contributed by atoms with E-state index in [2.05, 4.69) is 116 Å². The molecule has 0 radical (unpaired) electrons. The minimum atomic E-state index is 0. The Hall–Kier alpha value is -4.16. The molecule has 1 N–H and O–H groups in total. The van der Waals surface area contributed by atoms with Crippen LogP contribution in [0.1, 0.15) is 115 Å². The molecule has 0 aromatic heterocycles. The van der Waals surface area contributed by atoms with Crippen molar-refractivity contribution in [3.8, 4) is 28.7 Å². The molecule has 1 atom stereocenters. The molecule has 52 heavy (non-hydrogen) atoms. The first-order chi connectivity index (χ1) is 24.4. The third-order valence-electron chi connectivity index (χ3n) is 9.90. The van der Waals surface area contributed by atoms with Crippen molar-refractivity contribution >= 4 is 0 Å². The molecule has 4 aromatic rings. The number of ether oxygens (including phenoxy) is 5. The van der Waals surface area contributed by atoms with Crippen LogP contribution in [0.3, 0.4) is 0 Å². The van der Waals surface area contributed by atoms with Crippen LogP contribution in [0.2, 0.25) is 0 Å². The predicted molar refractivity (Wildman–Crippen MR) is 215 cm³/mol. The van der Waals surface area contributed by atoms with E-state index in [-0.39, 0.29) is 12.8 Å². The van der Waals surface area contributed by atoms with Gasteiger partial charge in [0, 0.05) is 12.1 Å². The SMILES string of the molecule is C.CC(C)(C)c1cccc2c1OCO2.CC(C)C1COc2ccccc2C1.CC(C)c1ccc2c(c1)CNCC2.CC(C)c1ccc2c(c1)OCO2. The number of fused-ring (bicyclic) bond motifs is 4. The quantitative estimate of drug-likeness (QED) is 0.229. The van der Waals surface area contributed by atoms with E-state index in [1.807, 2.05) is 30.3 Å². The van der Waals surface area contributed by atoms with Crippen molar-refractivity contribution in [1.82, 2.24) is 5.32 Å². The lowest BCUT2D eigenvalue weighted by atomic mass is 9.86. The number of benzene rings is 4. The van der Waals surface area contributed by atoms with Gasteiger partial charge in [0.1, 0.15) is 5.75 Å². The summed E-state index contributed by atoms with van der Waals surface area (Å²) in [6.45, 7) is 23.6. The first-order valence-corrected chi connectivity index (χ1v) is 18.7. The van der Waals surface area contributed by atoms with E-state index >= 15 is 0 Å². The Morgan fingerprint density at radius 3 is 2.00 bits per heavy atom. The van der Waals surface area contributed by atoms with Crippen LogP contribution in [0.25, 0.3) is 0 Å². The molecule has 0 fully saturated rings. The van der Waals surface area contributed by atoms with E-state index in [0.29, 0.717) is 37.3 Å². The molecule has 4 heterocycles. The van der Waals surface area contributed by atoms with Gasteiger partial charge in [-0.05, 0) is 101 Å². The Morgan fingerprint density at radius 1 is 0.615 bits per heavy atom. The summed E-state index contributed by atoms with van der Waals surface area (Å²) in [7, 11) is 0. The van der Waals surface area contributed by atoms with Crippen LogP contribution in [-0.4, -0.2) is 26.7 Å². The fraction of sp³-hybridized carbons (Fsp3) is 0.478. The van der Waals surface area contributed by atoms with Crippen molar-refractivity contribution in [2.24, 2.45) is 11.8 Å². The van der Waals surface area contributed by atoms with E-state index in [9.17, 15) is 0 Å². The molecule has 0 aliphatic carbocycles. The van der Waals surface area contributed by atoms with Gasteiger partial charge in [-0.15, -0.1) is 0 Å². The van der Waals surface area contributed by atoms with E-state index in [4.69, 9.17) is 23.7 Å². The summed E-state index contributed by atoms with van der Waals surface area (Å²) in [6.07, 6.45) is 2.36. The summed E-state index contributed by atoms with van der Waals surface area (Å²) in [6, 6.07) is 27.4. The molecule has 0 saturated carbocycles. The molecule has 0 bridgehead atoms. The van der Waals surface area contributed by atoms with Crippen LogP contribution in [0.5, 0.6) is 28.7 Å². The number of nitrogens with one attached hydrogen (secondary N) is 1. The van der Waals surface area contributed by atoms with Gasteiger partial charge in [-0.1, -0.05) is 124 Å². The van der Waals surface area contributed by atoms with Gasteiger partial charge in [0.2, 0.25) is 13.6 Å². The van der Waals surface area contributed by atoms with Crippen LogP contribution in [-0.2, 0) is 24.8 Å². The molecule has 4 aromatic carbocycles. The predicted octanol–water partition coefficient (Wildman–Crippen LogP) is 11.2. The average Bonchev–Trinajstić information content (AvgIpc) is 3.81. The minimum absolute atomic E-state index is 0. The molecule has 1 unspecified atom stereocenters. The van der Waals surface area contributed by atoms with E-state index in [1.54, 1.807) is 0 Å². The Bertz CT molecular complexity index is 1720. The fourth-order valence-electron chi connectivity index (χ4n) is 6.43. The summed E-state index contributed by atoms with van der Waals surface area (Å²) in [5.41, 5.74) is 8.47. The Kier molecular flexibility index (Phi) is 14.5. The largest absolute Gasteiger partial charge is 0.493 e. The maximum absolute atomic E-state index is 5.70. The summed E-state index contributed by atoms with van der Waals surface area (Å²) >= 11 is 0. The minimum Gasteiger partial charge on any atom is -0.493 e. The molecular formula is C46H63NO5. The van der Waals surface area contributed by atoms with Gasteiger partial charge in [0.25, 0.3) is 0 Å². The van der Waals surface area contributed by atoms with Gasteiger partial charge in [-0.3, -0.25) is 0 Å². The topological polar surface area (TPSA) is 58.2 Å². The Morgan fingerprint density at radius 2 is 1.27 bits per heavy atom. The second-order valence-electron chi connectivity index (χ2n) is 15.8. The van der Waals surface area contributed by atoms with Gasteiger partial charge in [0.05, 0.1) is 6.61 Å². The standard InChI is InChI=1S/C12H17N.C12H16O.C11H14O2.C10H12O2.CH4/c1-9(2)11-4-3-10-5-6-13-8-12(10)7-11;1-9(2)11-7-10-5-3-4-6-12(10)13-8-11;1-11(2,3)8-5-4-6-9-10(8)13-7-12-9;1-7(2)8-3-4-9-10(5-8)12-6-11-9;/h3-4,7,9,13H,5-6,8H2,1-2H3;3-6,9,11H,7-8H2,1-2H3;4-6H,7H2,1-3H3;3-5,7H,6H2,1-2H3;1H4. The molecule has 8 rings (SSSR count). The summed E-state index contributed by atoms with van der Waals surface area (Å²) in [4.78, 5) is 0. The molecule has 282 valence electrons. The van der Waals surface area contributed by atoms with Crippen molar-refractivity contribution in [2.75, 3.05) is 26.7 Å². The first-order valence-electron chi connectivity index (χ1n) is 18.7. The number of rotatable bonds is 3. The van der Waals surface area contributed by atoms with Crippen molar-refractivity contribution < 1.29 is 23.7 Å². The van der Waals surface area contributed by atoms with E-state index < -0.39 is 0 Å². The zero-order valence-electron chi connectivity index (χ0n) is 32.3. The lowest BCUT2D eigenvalue weighted by Crippen LogP contribution is -2.24. The molecule has 4 aliphatic heterocycles. The second-order valence-corrected chi connectivity index (χ2v) is 15.8. The van der Waals surface area contributed by atoms with Crippen molar-refractivity contribution in [3.05, 3.63) is 112 Å². The van der Waals surface area contributed by atoms with Crippen LogP contribution < -0.4 is 29.0 Å². The van der Waals surface area contributed by atoms with Crippen molar-refractivity contribution in [3.63, 3.8) is 0 Å². The molecule has 6 nitrogen and oxygen atoms in total. The highest BCUT2D eigenvalue weighted by Gasteiger charge is 2.25. The van der Waals surface area contributed by atoms with Crippen LogP contribution in [0.15, 0.2) is 78.9 Å².